The Bertz CT molecular complexity index is 4340. The minimum atomic E-state index is -3.99. The summed E-state index contributed by atoms with van der Waals surface area (Å²) in [6.07, 6.45) is 22.5. The molecule has 114 heavy (non-hydrogen) atoms. The predicted octanol–water partition coefficient (Wildman–Crippen LogP) is 10.6. The Kier molecular flexibility index (Phi) is 24.2. The highest BCUT2D eigenvalue weighted by Crippen LogP contribution is 2.53. The fourth-order valence-corrected chi connectivity index (χ4v) is 24.3. The number of methoxy groups -OCH3 is 2. The van der Waals surface area contributed by atoms with E-state index in [-0.39, 0.29) is 81.4 Å². The number of piperazine rings is 4. The minimum Gasteiger partial charge on any atom is -0.490 e. The summed E-state index contributed by atoms with van der Waals surface area (Å²) >= 11 is 13.0. The normalized spacial score (nSPS) is 33.7. The number of carbonyl (C=O) groups is 4. The number of nitrogens with zero attached hydrogens (tertiary/aromatic N) is 8. The molecule has 22 nitrogen and oxygen atoms in total. The lowest BCUT2D eigenvalue weighted by molar-refractivity contribution is -0.132. The second kappa shape index (κ2) is 33.5. The second-order valence-electron chi connectivity index (χ2n) is 35.2. The average Bonchev–Trinajstić information content (AvgIpc) is 1.39. The number of carbonyl (C=O) groups excluding carboxylic acids is 4. The van der Waals surface area contributed by atoms with Gasteiger partial charge >= 0.3 is 0 Å². The number of fused-ring (bicyclic) bond motifs is 10. The molecular formula is C88H116Cl2N10O12S2. The van der Waals surface area contributed by atoms with Gasteiger partial charge in [-0.3, -0.25) is 38.8 Å². The van der Waals surface area contributed by atoms with Crippen molar-refractivity contribution >= 4 is 78.3 Å². The first-order valence-corrected chi connectivity index (χ1v) is 45.5. The lowest BCUT2D eigenvalue weighted by Crippen LogP contribution is -2.65. The maximum atomic E-state index is 13.7. The van der Waals surface area contributed by atoms with E-state index in [1.165, 1.54) is 34.4 Å². The summed E-state index contributed by atoms with van der Waals surface area (Å²) in [6.45, 7) is 29.7. The van der Waals surface area contributed by atoms with Crippen LogP contribution in [0.25, 0.3) is 0 Å². The van der Waals surface area contributed by atoms with Crippen LogP contribution in [0, 0.1) is 35.5 Å². The Morgan fingerprint density at radius 1 is 0.544 bits per heavy atom. The number of allylic oxidation sites excluding steroid dienone is 2. The van der Waals surface area contributed by atoms with Crippen molar-refractivity contribution < 1.29 is 55.0 Å². The largest absolute Gasteiger partial charge is 0.490 e. The van der Waals surface area contributed by atoms with Crippen molar-refractivity contribution in [1.82, 2.24) is 38.8 Å². The topological polar surface area (TPSA) is 223 Å². The van der Waals surface area contributed by atoms with E-state index in [0.717, 1.165) is 164 Å². The van der Waals surface area contributed by atoms with Gasteiger partial charge in [0.15, 0.2) is 0 Å². The number of amides is 4. The van der Waals surface area contributed by atoms with E-state index >= 15 is 0 Å². The standard InChI is InChI=1S/2C44H58ClN5O6S/c2*1-5-41(51)49-21-20-48-19-18-47(25-36(48)26-49)28-44(55-4)17-6-8-30(2)31(3)57(53,54)46-42(52)33-11-15-40-39(23-33)50(24-34-10-13-38(34)44)27-43(29-56-40)16-7-9-32-22-35(45)12-14-37(32)43/h2*5-6,11-12,14-15,17,22-23,30-31,34,36,38H,1,7-10,13,16,18-21,24-29H2,2-4H3,(H,46,52)/b2*17-6+/t30-,31+,34-,36+,38+,43-,44+;30-,31+,34-,36-,38+,43-,44+/m00/s1. The SMILES string of the molecule is C=CC(=O)N1CCN2CCN(C[C@]3(OC)/C=C/C[C@H](C)[C@@H](C)S(=O)(=O)NC(=O)c4ccc5c(c4)N(C[C@@H]4CC[C@H]43)C[C@@]3(CCCc4cc(Cl)ccc43)CO5)C[C@@H]2C1.C=CC(=O)N1CCN2CCN(C[C@]3(OC)/C=C/C[C@H](C)[C@@H](C)S(=O)(=O)NC(=O)c4ccc5c(c4)N(C[C@@H]4CC[C@H]43)C[C@@]3(CCCc4cc(Cl)ccc43)CO5)C[C@H]2C1. The molecule has 8 heterocycles. The molecule has 2 spiro atoms. The van der Waals surface area contributed by atoms with E-state index in [9.17, 15) is 36.0 Å². The highest BCUT2D eigenvalue weighted by Gasteiger charge is 2.54. The molecule has 4 amide bonds. The molecule has 4 aromatic rings. The van der Waals surface area contributed by atoms with Gasteiger partial charge in [-0.2, -0.15) is 0 Å². The first-order valence-electron chi connectivity index (χ1n) is 41.6. The van der Waals surface area contributed by atoms with Gasteiger partial charge in [-0.1, -0.05) is 86.6 Å². The number of sulfonamides is 2. The second-order valence-corrected chi connectivity index (χ2v) is 40.1. The molecule has 4 aliphatic carbocycles. The number of benzene rings is 4. The number of hydrogen-bond acceptors (Lipinski definition) is 18. The molecule has 4 bridgehead atoms. The number of halogens is 2. The Morgan fingerprint density at radius 3 is 1.34 bits per heavy atom. The van der Waals surface area contributed by atoms with Crippen LogP contribution >= 0.6 is 23.2 Å². The summed E-state index contributed by atoms with van der Waals surface area (Å²) in [5.41, 5.74) is 5.39. The summed E-state index contributed by atoms with van der Waals surface area (Å²) in [5, 5.41) is -0.157. The zero-order valence-electron chi connectivity index (χ0n) is 67.3. The summed E-state index contributed by atoms with van der Waals surface area (Å²) in [4.78, 5) is 71.3. The van der Waals surface area contributed by atoms with Crippen molar-refractivity contribution in [2.75, 3.05) is 155 Å². The molecule has 2 saturated carbocycles. The van der Waals surface area contributed by atoms with E-state index in [2.05, 4.69) is 101 Å². The molecule has 16 rings (SSSR count). The number of rotatable bonds is 8. The van der Waals surface area contributed by atoms with Gasteiger partial charge in [0.05, 0.1) is 35.1 Å². The molecule has 616 valence electrons. The first-order chi connectivity index (χ1) is 54.7. The highest BCUT2D eigenvalue weighted by atomic mass is 35.5. The van der Waals surface area contributed by atoms with Crippen LogP contribution in [-0.2, 0) is 62.8 Å². The van der Waals surface area contributed by atoms with Crippen LogP contribution in [0.3, 0.4) is 0 Å². The van der Waals surface area contributed by atoms with E-state index < -0.39 is 53.6 Å². The monoisotopic (exact) mass is 1640 g/mol. The van der Waals surface area contributed by atoms with Gasteiger partial charge in [-0.25, -0.2) is 26.3 Å². The smallest absolute Gasteiger partial charge is 0.264 e. The van der Waals surface area contributed by atoms with E-state index in [4.69, 9.17) is 42.1 Å². The molecule has 0 radical (unpaired) electrons. The molecule has 0 unspecified atom stereocenters. The highest BCUT2D eigenvalue weighted by molar-refractivity contribution is 7.91. The fraction of sp³-hybridized carbons (Fsp3) is 0.591. The van der Waals surface area contributed by atoms with Crippen molar-refractivity contribution in [2.24, 2.45) is 35.5 Å². The van der Waals surface area contributed by atoms with Crippen LogP contribution in [0.4, 0.5) is 11.4 Å². The lowest BCUT2D eigenvalue weighted by atomic mass is 9.63. The molecule has 0 aromatic heterocycles. The number of ether oxygens (including phenoxy) is 4. The Morgan fingerprint density at radius 2 is 0.956 bits per heavy atom. The molecule has 26 heteroatoms. The van der Waals surface area contributed by atoms with Crippen molar-refractivity contribution in [3.8, 4) is 11.5 Å². The first kappa shape index (κ1) is 82.3. The van der Waals surface area contributed by atoms with Gasteiger partial charge in [-0.15, -0.1) is 0 Å². The molecule has 4 saturated heterocycles. The molecule has 4 aromatic carbocycles. The zero-order chi connectivity index (χ0) is 80.2. The summed E-state index contributed by atoms with van der Waals surface area (Å²) in [5.74, 6) is 0.521. The Hall–Kier alpha value is -6.84. The fourth-order valence-electron chi connectivity index (χ4n) is 21.3. The third-order valence-electron chi connectivity index (χ3n) is 28.7. The van der Waals surface area contributed by atoms with Crippen LogP contribution in [0.15, 0.2) is 122 Å². The summed E-state index contributed by atoms with van der Waals surface area (Å²) in [7, 11) is -4.34. The van der Waals surface area contributed by atoms with Crippen LogP contribution in [0.1, 0.15) is 135 Å². The van der Waals surface area contributed by atoms with E-state index in [0.29, 0.717) is 76.8 Å². The van der Waals surface area contributed by atoms with Crippen LogP contribution in [-0.4, -0.2) is 249 Å². The van der Waals surface area contributed by atoms with Gasteiger partial charge in [0.25, 0.3) is 11.8 Å². The van der Waals surface area contributed by atoms with Crippen molar-refractivity contribution in [3.63, 3.8) is 0 Å². The average molecular weight is 1640 g/mol. The molecule has 12 aliphatic rings. The summed E-state index contributed by atoms with van der Waals surface area (Å²) in [6, 6.07) is 23.6. The van der Waals surface area contributed by atoms with Gasteiger partial charge in [0, 0.05) is 176 Å². The Balaban J connectivity index is 0.000000180. The number of aryl methyl sites for hydroxylation is 2. The van der Waals surface area contributed by atoms with Gasteiger partial charge in [0.2, 0.25) is 31.9 Å². The number of nitrogens with one attached hydrogen (secondary N) is 2. The molecule has 6 fully saturated rings. The number of hydrogen-bond donors (Lipinski definition) is 2. The lowest BCUT2D eigenvalue weighted by Gasteiger charge is -2.53. The maximum absolute atomic E-state index is 13.7. The van der Waals surface area contributed by atoms with E-state index in [1.54, 1.807) is 26.0 Å². The van der Waals surface area contributed by atoms with Crippen molar-refractivity contribution in [2.45, 2.75) is 149 Å². The molecule has 14 atom stereocenters. The summed E-state index contributed by atoms with van der Waals surface area (Å²) < 4.78 is 86.5. The molecule has 8 aliphatic heterocycles. The van der Waals surface area contributed by atoms with Crippen molar-refractivity contribution in [1.29, 1.82) is 0 Å². The van der Waals surface area contributed by atoms with Crippen LogP contribution in [0.5, 0.6) is 11.5 Å². The predicted molar refractivity (Wildman–Crippen MR) is 447 cm³/mol. The number of anilines is 2. The third kappa shape index (κ3) is 16.5. The van der Waals surface area contributed by atoms with Gasteiger partial charge < -0.3 is 38.5 Å². The minimum absolute atomic E-state index is 0.0160. The molecular weight excluding hydrogens is 1520 g/mol. The Labute approximate surface area is 685 Å². The molecule has 2 N–H and O–H groups in total. The van der Waals surface area contributed by atoms with Gasteiger partial charge in [-0.05, 0) is 221 Å². The third-order valence-corrected chi connectivity index (χ3v) is 33.0. The maximum Gasteiger partial charge on any atom is 0.264 e. The van der Waals surface area contributed by atoms with E-state index in [1.807, 2.05) is 74.3 Å². The van der Waals surface area contributed by atoms with Gasteiger partial charge in [0.1, 0.15) is 22.7 Å². The van der Waals surface area contributed by atoms with Crippen LogP contribution in [0.2, 0.25) is 10.0 Å². The quantitative estimate of drug-likeness (QED) is 0.124. The van der Waals surface area contributed by atoms with Crippen molar-refractivity contribution in [3.05, 3.63) is 166 Å². The zero-order valence-corrected chi connectivity index (χ0v) is 70.4. The van der Waals surface area contributed by atoms with Crippen LogP contribution < -0.4 is 28.7 Å².